The second-order valence-corrected chi connectivity index (χ2v) is 5.07. The summed E-state index contributed by atoms with van der Waals surface area (Å²) in [5.41, 5.74) is 8.67. The fourth-order valence-electron chi connectivity index (χ4n) is 2.86. The molecule has 4 rings (SSSR count). The molecule has 3 N–H and O–H groups in total. The Hall–Kier alpha value is -2.56. The highest BCUT2D eigenvalue weighted by Gasteiger charge is 2.24. The third-order valence-corrected chi connectivity index (χ3v) is 3.77. The van der Waals surface area contributed by atoms with Crippen LogP contribution in [-0.2, 0) is 0 Å². The van der Waals surface area contributed by atoms with E-state index >= 15 is 0 Å². The van der Waals surface area contributed by atoms with Gasteiger partial charge in [-0.05, 0) is 36.2 Å². The van der Waals surface area contributed by atoms with E-state index < -0.39 is 0 Å². The van der Waals surface area contributed by atoms with E-state index in [1.54, 1.807) is 6.20 Å². The number of nitrogen functional groups attached to an aromatic ring is 1. The van der Waals surface area contributed by atoms with Crippen molar-refractivity contribution < 1.29 is 0 Å². The molecule has 20 heavy (non-hydrogen) atoms. The van der Waals surface area contributed by atoms with Crippen molar-refractivity contribution in [3.05, 3.63) is 48.2 Å². The number of aromatic nitrogens is 3. The minimum atomic E-state index is 0.212. The summed E-state index contributed by atoms with van der Waals surface area (Å²) in [6.45, 7) is 0.926. The Morgan fingerprint density at radius 1 is 1.25 bits per heavy atom. The first-order chi connectivity index (χ1) is 9.83. The Balaban J connectivity index is 1.90. The van der Waals surface area contributed by atoms with Crippen LogP contribution in [0, 0.1) is 0 Å². The van der Waals surface area contributed by atoms with Gasteiger partial charge in [0, 0.05) is 18.4 Å². The lowest BCUT2D eigenvalue weighted by atomic mass is 10.0. The van der Waals surface area contributed by atoms with Crippen molar-refractivity contribution in [2.24, 2.45) is 0 Å². The first-order valence-corrected chi connectivity index (χ1v) is 6.75. The van der Waals surface area contributed by atoms with Gasteiger partial charge in [0.25, 0.3) is 0 Å². The highest BCUT2D eigenvalue weighted by atomic mass is 15.4. The van der Waals surface area contributed by atoms with E-state index in [0.717, 1.165) is 35.5 Å². The summed E-state index contributed by atoms with van der Waals surface area (Å²) in [7, 11) is 0. The van der Waals surface area contributed by atoms with Gasteiger partial charge in [-0.2, -0.15) is 0 Å². The molecule has 0 bridgehead atoms. The molecule has 0 spiro atoms. The van der Waals surface area contributed by atoms with Crippen LogP contribution >= 0.6 is 0 Å². The molecule has 1 aliphatic heterocycles. The first-order valence-electron chi connectivity index (χ1n) is 6.75. The zero-order valence-corrected chi connectivity index (χ0v) is 11.0. The summed E-state index contributed by atoms with van der Waals surface area (Å²) in [4.78, 5) is 4.34. The van der Waals surface area contributed by atoms with Gasteiger partial charge in [-0.1, -0.05) is 12.1 Å². The van der Waals surface area contributed by atoms with Crippen LogP contribution in [0.5, 0.6) is 0 Å². The van der Waals surface area contributed by atoms with Gasteiger partial charge in [0.15, 0.2) is 5.65 Å². The highest BCUT2D eigenvalue weighted by molar-refractivity contribution is 5.87. The van der Waals surface area contributed by atoms with Gasteiger partial charge in [0.1, 0.15) is 5.82 Å². The fraction of sp³-hybridized carbons (Fsp3) is 0.200. The molecule has 2 aromatic heterocycles. The van der Waals surface area contributed by atoms with Crippen LogP contribution in [-0.4, -0.2) is 21.3 Å². The number of pyridine rings is 1. The number of fused-ring (bicyclic) bond motifs is 3. The number of benzene rings is 1. The van der Waals surface area contributed by atoms with Crippen LogP contribution in [0.3, 0.4) is 0 Å². The van der Waals surface area contributed by atoms with Crippen LogP contribution in [0.4, 0.5) is 11.5 Å². The van der Waals surface area contributed by atoms with E-state index in [1.165, 1.54) is 5.56 Å². The van der Waals surface area contributed by atoms with E-state index in [9.17, 15) is 0 Å². The largest absolute Gasteiger partial charge is 0.399 e. The van der Waals surface area contributed by atoms with Crippen LogP contribution in [0.2, 0.25) is 0 Å². The summed E-state index contributed by atoms with van der Waals surface area (Å²) in [5.74, 6) is 1.05. The van der Waals surface area contributed by atoms with Gasteiger partial charge >= 0.3 is 0 Å². The van der Waals surface area contributed by atoms with Crippen LogP contribution < -0.4 is 11.1 Å². The van der Waals surface area contributed by atoms with Crippen molar-refractivity contribution in [3.8, 4) is 0 Å². The van der Waals surface area contributed by atoms with Gasteiger partial charge in [0.2, 0.25) is 0 Å². The molecule has 0 radical (unpaired) electrons. The van der Waals surface area contributed by atoms with E-state index in [-0.39, 0.29) is 6.04 Å². The van der Waals surface area contributed by atoms with Crippen molar-refractivity contribution in [2.75, 3.05) is 17.6 Å². The average Bonchev–Trinajstić information content (AvgIpc) is 2.86. The molecule has 0 saturated heterocycles. The Bertz CT molecular complexity index is 777. The minimum absolute atomic E-state index is 0.212. The Morgan fingerprint density at radius 2 is 2.20 bits per heavy atom. The van der Waals surface area contributed by atoms with Gasteiger partial charge in [0.05, 0.1) is 11.4 Å². The summed E-state index contributed by atoms with van der Waals surface area (Å²) >= 11 is 0. The van der Waals surface area contributed by atoms with Gasteiger partial charge in [-0.25, -0.2) is 9.67 Å². The molecule has 5 nitrogen and oxygen atoms in total. The van der Waals surface area contributed by atoms with Gasteiger partial charge in [-0.15, -0.1) is 5.10 Å². The van der Waals surface area contributed by atoms with Crippen molar-refractivity contribution in [3.63, 3.8) is 0 Å². The van der Waals surface area contributed by atoms with Crippen LogP contribution in [0.1, 0.15) is 18.0 Å². The maximum atomic E-state index is 5.90. The molecule has 3 heterocycles. The third-order valence-electron chi connectivity index (χ3n) is 3.77. The average molecular weight is 265 g/mol. The number of nitrogens with two attached hydrogens (primary N) is 1. The highest BCUT2D eigenvalue weighted by Crippen LogP contribution is 2.34. The molecule has 5 heteroatoms. The molecule has 100 valence electrons. The summed E-state index contributed by atoms with van der Waals surface area (Å²) in [6, 6.07) is 12.2. The molecule has 1 aromatic carbocycles. The molecule has 1 unspecified atom stereocenters. The lowest BCUT2D eigenvalue weighted by molar-refractivity contribution is 0.485. The van der Waals surface area contributed by atoms with E-state index in [4.69, 9.17) is 5.73 Å². The molecule has 0 amide bonds. The smallest absolute Gasteiger partial charge is 0.183 e. The Labute approximate surface area is 116 Å². The number of nitrogens with zero attached hydrogens (tertiary/aromatic N) is 3. The number of hydrogen-bond acceptors (Lipinski definition) is 4. The predicted octanol–water partition coefficient (Wildman–Crippen LogP) is 2.42. The Morgan fingerprint density at radius 3 is 3.10 bits per heavy atom. The number of anilines is 2. The van der Waals surface area contributed by atoms with Crippen molar-refractivity contribution in [1.82, 2.24) is 14.8 Å². The first kappa shape index (κ1) is 11.3. The standard InChI is InChI=1S/C15H15N5/c16-11-4-1-3-10(9-11)13-6-8-18-15-12-5-2-7-17-14(12)19-20(13)15/h1-5,7,9,13,18H,6,8,16H2. The number of nitrogens with one attached hydrogen (secondary N) is 1. The summed E-state index contributed by atoms with van der Waals surface area (Å²) in [6.07, 6.45) is 2.77. The molecule has 1 aliphatic rings. The molecular weight excluding hydrogens is 250 g/mol. The van der Waals surface area contributed by atoms with E-state index in [0.29, 0.717) is 0 Å². The van der Waals surface area contributed by atoms with Crippen molar-refractivity contribution in [2.45, 2.75) is 12.5 Å². The normalized spacial score (nSPS) is 17.7. The Kier molecular flexibility index (Phi) is 2.39. The maximum Gasteiger partial charge on any atom is 0.183 e. The topological polar surface area (TPSA) is 68.8 Å². The third kappa shape index (κ3) is 1.63. The second-order valence-electron chi connectivity index (χ2n) is 5.07. The van der Waals surface area contributed by atoms with E-state index in [1.807, 2.05) is 28.9 Å². The fourth-order valence-corrected chi connectivity index (χ4v) is 2.86. The quantitative estimate of drug-likeness (QED) is 0.663. The number of hydrogen-bond donors (Lipinski definition) is 2. The van der Waals surface area contributed by atoms with Crippen LogP contribution in [0.15, 0.2) is 42.6 Å². The monoisotopic (exact) mass is 265 g/mol. The summed E-state index contributed by atoms with van der Waals surface area (Å²) < 4.78 is 2.04. The second kappa shape index (κ2) is 4.23. The molecular formula is C15H15N5. The SMILES string of the molecule is Nc1cccc(C2CCNc3c4cccnc4nn32)c1. The molecule has 0 fully saturated rings. The lowest BCUT2D eigenvalue weighted by Gasteiger charge is -2.26. The summed E-state index contributed by atoms with van der Waals surface area (Å²) in [5, 5.41) is 9.14. The molecule has 1 atom stereocenters. The molecule has 0 saturated carbocycles. The molecule has 0 aliphatic carbocycles. The van der Waals surface area contributed by atoms with Crippen LogP contribution in [0.25, 0.3) is 11.0 Å². The zero-order valence-electron chi connectivity index (χ0n) is 11.0. The minimum Gasteiger partial charge on any atom is -0.399 e. The number of rotatable bonds is 1. The van der Waals surface area contributed by atoms with Crippen molar-refractivity contribution in [1.29, 1.82) is 0 Å². The predicted molar refractivity (Wildman–Crippen MR) is 79.6 cm³/mol. The lowest BCUT2D eigenvalue weighted by Crippen LogP contribution is -2.24. The van der Waals surface area contributed by atoms with E-state index in [2.05, 4.69) is 27.5 Å². The zero-order chi connectivity index (χ0) is 13.5. The van der Waals surface area contributed by atoms with Crippen molar-refractivity contribution >= 4 is 22.5 Å². The van der Waals surface area contributed by atoms with Gasteiger partial charge in [-0.3, -0.25) is 0 Å². The van der Waals surface area contributed by atoms with Gasteiger partial charge < -0.3 is 11.1 Å². The molecule has 3 aromatic rings. The maximum absolute atomic E-state index is 5.90.